The highest BCUT2D eigenvalue weighted by Gasteiger charge is 2.29. The normalized spacial score (nSPS) is 16.0. The molecule has 0 fully saturated rings. The van der Waals surface area contributed by atoms with E-state index >= 15 is 0 Å². The minimum absolute atomic E-state index is 0.287. The van der Waals surface area contributed by atoms with Crippen molar-refractivity contribution in [2.24, 2.45) is 20.0 Å². The number of rotatable bonds is 6. The molecule has 6 aromatic carbocycles. The fourth-order valence-corrected chi connectivity index (χ4v) is 7.39. The Balaban J connectivity index is 1.10. The molecule has 4 nitrogen and oxygen atoms in total. The summed E-state index contributed by atoms with van der Waals surface area (Å²) in [5.74, 6) is 0. The second-order valence-corrected chi connectivity index (χ2v) is 13.2. The number of aryl methyl sites for hydroxylation is 4. The highest BCUT2D eigenvalue weighted by atomic mass is 15.1. The van der Waals surface area contributed by atoms with Crippen LogP contribution in [0.3, 0.4) is 0 Å². The standard InChI is InChI=1S/C46H36N4/c1-5-13-35(14-6-1)41-42(36-15-7-2-8-16-36)48-45(47-41)39-29-31-21-22-32-24-26-34(28-27-33(39)25-23-31)40(30-32)46-49-43(37-17-9-3-10-18-37)44(50-46)38-19-11-4-12-20-38/h1-20,23-26,29-30,45-46H,21-22,27-28H2. The molecule has 0 spiro atoms. The molecule has 12 rings (SSSR count). The average molecular weight is 645 g/mol. The minimum atomic E-state index is -0.287. The summed E-state index contributed by atoms with van der Waals surface area (Å²) in [6.45, 7) is 0. The molecule has 6 aromatic rings. The Labute approximate surface area is 293 Å². The maximum Gasteiger partial charge on any atom is 0.166 e. The Morgan fingerprint density at radius 1 is 0.320 bits per heavy atom. The third-order valence-electron chi connectivity index (χ3n) is 9.99. The zero-order valence-corrected chi connectivity index (χ0v) is 27.8. The van der Waals surface area contributed by atoms with E-state index in [0.717, 1.165) is 70.8 Å². The van der Waals surface area contributed by atoms with Gasteiger partial charge in [0.2, 0.25) is 0 Å². The van der Waals surface area contributed by atoms with Gasteiger partial charge in [0.1, 0.15) is 0 Å². The number of aliphatic imine (C=N–C) groups is 4. The molecule has 0 saturated heterocycles. The van der Waals surface area contributed by atoms with Gasteiger partial charge in [-0.1, -0.05) is 158 Å². The van der Waals surface area contributed by atoms with E-state index < -0.39 is 0 Å². The van der Waals surface area contributed by atoms with E-state index in [1.165, 1.54) is 33.4 Å². The molecule has 50 heavy (non-hydrogen) atoms. The van der Waals surface area contributed by atoms with Crippen LogP contribution in [0.2, 0.25) is 0 Å². The highest BCUT2D eigenvalue weighted by molar-refractivity contribution is 6.55. The quantitative estimate of drug-likeness (QED) is 0.173. The Morgan fingerprint density at radius 2 is 0.620 bits per heavy atom. The summed E-state index contributed by atoms with van der Waals surface area (Å²) in [5, 5.41) is 0. The van der Waals surface area contributed by atoms with Gasteiger partial charge in [-0.15, -0.1) is 0 Å². The summed E-state index contributed by atoms with van der Waals surface area (Å²) in [5.41, 5.74) is 15.8. The van der Waals surface area contributed by atoms with Crippen molar-refractivity contribution in [2.75, 3.05) is 0 Å². The lowest BCUT2D eigenvalue weighted by Crippen LogP contribution is -2.13. The fourth-order valence-electron chi connectivity index (χ4n) is 7.39. The van der Waals surface area contributed by atoms with Gasteiger partial charge in [-0.2, -0.15) is 0 Å². The van der Waals surface area contributed by atoms with E-state index in [1.54, 1.807) is 0 Å². The van der Waals surface area contributed by atoms with E-state index in [9.17, 15) is 0 Å². The van der Waals surface area contributed by atoms with Crippen molar-refractivity contribution in [1.29, 1.82) is 0 Å². The first-order valence-corrected chi connectivity index (χ1v) is 17.5. The first-order valence-electron chi connectivity index (χ1n) is 17.5. The summed E-state index contributed by atoms with van der Waals surface area (Å²) in [4.78, 5) is 21.3. The topological polar surface area (TPSA) is 49.4 Å². The third-order valence-corrected chi connectivity index (χ3v) is 9.99. The summed E-state index contributed by atoms with van der Waals surface area (Å²) in [6, 6.07) is 55.8. The third kappa shape index (κ3) is 5.83. The van der Waals surface area contributed by atoms with Gasteiger partial charge in [-0.05, 0) is 47.9 Å². The monoisotopic (exact) mass is 644 g/mol. The van der Waals surface area contributed by atoms with Crippen molar-refractivity contribution in [3.05, 3.63) is 213 Å². The Morgan fingerprint density at radius 3 is 0.920 bits per heavy atom. The molecule has 4 aliphatic carbocycles. The van der Waals surface area contributed by atoms with Gasteiger partial charge in [0.15, 0.2) is 12.3 Å². The van der Waals surface area contributed by atoms with Gasteiger partial charge in [-0.25, -0.2) is 0 Å². The highest BCUT2D eigenvalue weighted by Crippen LogP contribution is 2.36. The van der Waals surface area contributed by atoms with Crippen LogP contribution in [-0.2, 0) is 25.7 Å². The van der Waals surface area contributed by atoms with Gasteiger partial charge >= 0.3 is 0 Å². The molecule has 4 bridgehead atoms. The van der Waals surface area contributed by atoms with Crippen LogP contribution in [0.15, 0.2) is 178 Å². The number of hydrogen-bond acceptors (Lipinski definition) is 4. The number of nitrogens with zero attached hydrogens (tertiary/aromatic N) is 4. The van der Waals surface area contributed by atoms with Crippen LogP contribution in [0.25, 0.3) is 0 Å². The zero-order valence-electron chi connectivity index (χ0n) is 27.8. The van der Waals surface area contributed by atoms with Crippen molar-refractivity contribution in [3.8, 4) is 0 Å². The first kappa shape index (κ1) is 30.1. The predicted octanol–water partition coefficient (Wildman–Crippen LogP) is 9.55. The van der Waals surface area contributed by atoms with E-state index in [0.29, 0.717) is 0 Å². The molecule has 0 radical (unpaired) electrons. The van der Waals surface area contributed by atoms with E-state index in [-0.39, 0.29) is 12.3 Å². The van der Waals surface area contributed by atoms with Crippen molar-refractivity contribution in [3.63, 3.8) is 0 Å². The number of hydrogen-bond donors (Lipinski definition) is 0. The summed E-state index contributed by atoms with van der Waals surface area (Å²) >= 11 is 0. The van der Waals surface area contributed by atoms with E-state index in [1.807, 2.05) is 0 Å². The largest absolute Gasteiger partial charge is 0.251 e. The van der Waals surface area contributed by atoms with Crippen LogP contribution in [0.1, 0.15) is 68.0 Å². The summed E-state index contributed by atoms with van der Waals surface area (Å²) in [7, 11) is 0. The van der Waals surface area contributed by atoms with Crippen LogP contribution in [0.5, 0.6) is 0 Å². The van der Waals surface area contributed by atoms with Gasteiger partial charge in [0.25, 0.3) is 0 Å². The molecule has 240 valence electrons. The molecular formula is C46H36N4. The van der Waals surface area contributed by atoms with Gasteiger partial charge in [0.05, 0.1) is 22.8 Å². The van der Waals surface area contributed by atoms with Gasteiger partial charge in [-0.3, -0.25) is 20.0 Å². The van der Waals surface area contributed by atoms with Crippen LogP contribution in [-0.4, -0.2) is 22.8 Å². The predicted molar refractivity (Wildman–Crippen MR) is 205 cm³/mol. The van der Waals surface area contributed by atoms with Gasteiger partial charge in [0, 0.05) is 33.4 Å². The van der Waals surface area contributed by atoms with Crippen molar-refractivity contribution < 1.29 is 0 Å². The molecule has 0 aromatic heterocycles. The van der Waals surface area contributed by atoms with E-state index in [2.05, 4.69) is 158 Å². The molecular weight excluding hydrogens is 609 g/mol. The lowest BCUT2D eigenvalue weighted by Gasteiger charge is -2.19. The molecule has 2 aliphatic heterocycles. The van der Waals surface area contributed by atoms with Crippen molar-refractivity contribution >= 4 is 22.8 Å². The van der Waals surface area contributed by atoms with E-state index in [4.69, 9.17) is 20.0 Å². The smallest absolute Gasteiger partial charge is 0.166 e. The maximum atomic E-state index is 5.33. The Bertz CT molecular complexity index is 2030. The average Bonchev–Trinajstić information content (AvgIpc) is 3.83. The van der Waals surface area contributed by atoms with Crippen LogP contribution < -0.4 is 0 Å². The summed E-state index contributed by atoms with van der Waals surface area (Å²) < 4.78 is 0. The van der Waals surface area contributed by atoms with Crippen LogP contribution in [0, 0.1) is 0 Å². The Hall–Kier alpha value is -6.00. The van der Waals surface area contributed by atoms with Crippen molar-refractivity contribution in [2.45, 2.75) is 38.0 Å². The first-order chi connectivity index (χ1) is 24.8. The molecule has 0 amide bonds. The second-order valence-electron chi connectivity index (χ2n) is 13.2. The molecule has 2 heterocycles. The van der Waals surface area contributed by atoms with Gasteiger partial charge < -0.3 is 0 Å². The lowest BCUT2D eigenvalue weighted by molar-refractivity contribution is 0.752. The lowest BCUT2D eigenvalue weighted by atomic mass is 9.90. The van der Waals surface area contributed by atoms with Crippen LogP contribution in [0.4, 0.5) is 0 Å². The molecule has 4 heteroatoms. The SMILES string of the molecule is c1ccc(C2=NC(c3cc4ccc3CCc3ccc(cc3C3N=C(c5ccccc5)C(c5ccccc5)=N3)CC4)N=C2c2ccccc2)cc1. The zero-order chi connectivity index (χ0) is 33.3. The van der Waals surface area contributed by atoms with Crippen molar-refractivity contribution in [1.82, 2.24) is 0 Å². The maximum absolute atomic E-state index is 5.33. The Kier molecular flexibility index (Phi) is 7.90. The minimum Gasteiger partial charge on any atom is -0.251 e. The number of benzene rings is 6. The molecule has 0 atom stereocenters. The molecule has 0 N–H and O–H groups in total. The molecule has 6 aliphatic rings. The molecule has 0 unspecified atom stereocenters. The second kappa shape index (κ2) is 13.1. The summed E-state index contributed by atoms with van der Waals surface area (Å²) in [6.07, 6.45) is 3.05. The van der Waals surface area contributed by atoms with Crippen LogP contribution >= 0.6 is 0 Å². The fraction of sp³-hybridized carbons (Fsp3) is 0.130. The molecule has 0 saturated carbocycles.